The lowest BCUT2D eigenvalue weighted by Gasteiger charge is -2.22. The van der Waals surface area contributed by atoms with E-state index in [0.717, 1.165) is 76.8 Å². The summed E-state index contributed by atoms with van der Waals surface area (Å²) in [6.07, 6.45) is 40.1. The van der Waals surface area contributed by atoms with Gasteiger partial charge in [0, 0.05) is 31.8 Å². The molecule has 0 saturated heterocycles. The predicted molar refractivity (Wildman–Crippen MR) is 204 cm³/mol. The smallest absolute Gasteiger partial charge is 0.306 e. The van der Waals surface area contributed by atoms with E-state index in [1.54, 1.807) is 0 Å². The number of unbranched alkanes of at least 4 members (excludes halogenated alkanes) is 17. The van der Waals surface area contributed by atoms with Gasteiger partial charge < -0.3 is 14.5 Å². The number of thioether (sulfide) groups is 1. The Kier molecular flexibility index (Phi) is 35.1. The van der Waals surface area contributed by atoms with E-state index in [1.807, 2.05) is 6.08 Å². The van der Waals surface area contributed by atoms with Gasteiger partial charge in [-0.25, -0.2) is 0 Å². The van der Waals surface area contributed by atoms with Crippen LogP contribution in [0, 0.1) is 0 Å². The molecule has 0 saturated carbocycles. The number of rotatable bonds is 33. The molecule has 1 amide bonds. The normalized spacial score (nSPS) is 11.9. The molecule has 0 aliphatic carbocycles. The molecule has 6 heteroatoms. The highest BCUT2D eigenvalue weighted by atomic mass is 32.2. The number of carbonyl (C=O) groups excluding carboxylic acids is 2. The van der Waals surface area contributed by atoms with Gasteiger partial charge in [0.25, 0.3) is 5.24 Å². The molecule has 268 valence electrons. The van der Waals surface area contributed by atoms with Crippen molar-refractivity contribution in [3.05, 3.63) is 36.5 Å². The Morgan fingerprint density at radius 3 is 1.59 bits per heavy atom. The first-order chi connectivity index (χ1) is 22.5. The van der Waals surface area contributed by atoms with Crippen molar-refractivity contribution in [2.24, 2.45) is 0 Å². The van der Waals surface area contributed by atoms with Crippen molar-refractivity contribution in [2.75, 3.05) is 46.1 Å². The zero-order chi connectivity index (χ0) is 33.8. The van der Waals surface area contributed by atoms with Gasteiger partial charge in [-0.2, -0.15) is 0 Å². The maximum Gasteiger partial charge on any atom is 0.306 e. The van der Waals surface area contributed by atoms with Gasteiger partial charge in [-0.1, -0.05) is 139 Å². The molecule has 46 heavy (non-hydrogen) atoms. The lowest BCUT2D eigenvalue weighted by atomic mass is 10.1. The largest absolute Gasteiger partial charge is 0.461 e. The zero-order valence-corrected chi connectivity index (χ0v) is 31.6. The molecule has 0 heterocycles. The maximum absolute atomic E-state index is 12.9. The van der Waals surface area contributed by atoms with Crippen molar-refractivity contribution >= 4 is 23.0 Å². The number of carbonyl (C=O) groups is 2. The van der Waals surface area contributed by atoms with Gasteiger partial charge in [0.05, 0.1) is 0 Å². The summed E-state index contributed by atoms with van der Waals surface area (Å²) < 4.78 is 5.33. The standard InChI is InChI=1S/C40H74N2O3S/c1-5-7-9-11-13-14-15-16-17-18-19-20-21-22-26-30-34-42(40(44)46-38-36-41(3)4)35-31-27-24-25-29-33-39(43)45-37-32-28-23-12-10-8-6-2/h14-15,17-18,28,32H,5-13,16,19-27,29-31,33-38H2,1-4H3. The van der Waals surface area contributed by atoms with E-state index in [9.17, 15) is 9.59 Å². The molecule has 0 aliphatic rings. The number of nitrogens with zero attached hydrogens (tertiary/aromatic N) is 2. The van der Waals surface area contributed by atoms with Gasteiger partial charge in [0.1, 0.15) is 6.61 Å². The Morgan fingerprint density at radius 2 is 1.04 bits per heavy atom. The van der Waals surface area contributed by atoms with Gasteiger partial charge in [-0.15, -0.1) is 0 Å². The third kappa shape index (κ3) is 33.8. The summed E-state index contributed by atoms with van der Waals surface area (Å²) in [6.45, 7) is 7.53. The molecule has 5 nitrogen and oxygen atoms in total. The summed E-state index contributed by atoms with van der Waals surface area (Å²) in [5.74, 6) is 0.755. The fraction of sp³-hybridized carbons (Fsp3) is 0.800. The number of esters is 1. The van der Waals surface area contributed by atoms with Crippen LogP contribution in [0.4, 0.5) is 4.79 Å². The Labute approximate surface area is 290 Å². The number of ether oxygens (including phenoxy) is 1. The van der Waals surface area contributed by atoms with Crippen molar-refractivity contribution in [3.8, 4) is 0 Å². The van der Waals surface area contributed by atoms with Crippen LogP contribution < -0.4 is 0 Å². The van der Waals surface area contributed by atoms with E-state index < -0.39 is 0 Å². The van der Waals surface area contributed by atoms with Gasteiger partial charge in [0.2, 0.25) is 0 Å². The monoisotopic (exact) mass is 663 g/mol. The number of amides is 1. The minimum Gasteiger partial charge on any atom is -0.461 e. The van der Waals surface area contributed by atoms with Crippen LogP contribution in [0.15, 0.2) is 36.5 Å². The topological polar surface area (TPSA) is 49.9 Å². The Morgan fingerprint density at radius 1 is 0.565 bits per heavy atom. The second-order valence-corrected chi connectivity index (χ2v) is 14.1. The van der Waals surface area contributed by atoms with Crippen LogP contribution in [0.2, 0.25) is 0 Å². The van der Waals surface area contributed by atoms with Crippen molar-refractivity contribution in [3.63, 3.8) is 0 Å². The molecule has 0 rings (SSSR count). The van der Waals surface area contributed by atoms with Gasteiger partial charge in [-0.3, -0.25) is 9.59 Å². The molecule has 0 unspecified atom stereocenters. The van der Waals surface area contributed by atoms with Crippen molar-refractivity contribution in [1.29, 1.82) is 0 Å². The molecule has 0 aromatic carbocycles. The molecule has 0 aromatic heterocycles. The third-order valence-corrected chi connectivity index (χ3v) is 9.08. The summed E-state index contributed by atoms with van der Waals surface area (Å²) >= 11 is 1.47. The first-order valence-corrected chi connectivity index (χ1v) is 20.2. The summed E-state index contributed by atoms with van der Waals surface area (Å²) in [7, 11) is 4.11. The molecular weight excluding hydrogens is 589 g/mol. The summed E-state index contributed by atoms with van der Waals surface area (Å²) in [4.78, 5) is 29.1. The molecule has 0 aliphatic heterocycles. The average Bonchev–Trinajstić information content (AvgIpc) is 3.04. The van der Waals surface area contributed by atoms with Crippen LogP contribution in [0.25, 0.3) is 0 Å². The molecule has 0 radical (unpaired) electrons. The molecule has 0 aromatic rings. The molecule has 0 N–H and O–H groups in total. The second kappa shape index (κ2) is 36.3. The summed E-state index contributed by atoms with van der Waals surface area (Å²) in [6, 6.07) is 0. The molecule has 0 atom stereocenters. The van der Waals surface area contributed by atoms with Crippen molar-refractivity contribution in [2.45, 2.75) is 162 Å². The average molecular weight is 663 g/mol. The van der Waals surface area contributed by atoms with Gasteiger partial charge in [0.15, 0.2) is 0 Å². The van der Waals surface area contributed by atoms with Crippen LogP contribution in [-0.4, -0.2) is 67.1 Å². The lowest BCUT2D eigenvalue weighted by Crippen LogP contribution is -2.30. The SMILES string of the molecule is CCCCCCC=CCC=CCCCCCCCN(CCCCCCCC(=O)OCC=CCCCCCC)C(=O)SCCN(C)C. The highest BCUT2D eigenvalue weighted by molar-refractivity contribution is 8.13. The first-order valence-electron chi connectivity index (χ1n) is 19.2. The minimum absolute atomic E-state index is 0.0881. The highest BCUT2D eigenvalue weighted by Crippen LogP contribution is 2.15. The second-order valence-electron chi connectivity index (χ2n) is 13.0. The third-order valence-electron chi connectivity index (χ3n) is 8.19. The van der Waals surface area contributed by atoms with Crippen LogP contribution in [0.5, 0.6) is 0 Å². The predicted octanol–water partition coefficient (Wildman–Crippen LogP) is 11.9. The summed E-state index contributed by atoms with van der Waals surface area (Å²) in [5.41, 5.74) is 0. The number of allylic oxidation sites excluding steroid dienone is 5. The van der Waals surface area contributed by atoms with E-state index in [0.29, 0.717) is 13.0 Å². The first kappa shape index (κ1) is 44.5. The summed E-state index contributed by atoms with van der Waals surface area (Å²) in [5, 5.41) is 0.236. The van der Waals surface area contributed by atoms with Gasteiger partial charge in [-0.05, 0) is 78.3 Å². The highest BCUT2D eigenvalue weighted by Gasteiger charge is 2.13. The Hall–Kier alpha value is -1.53. The van der Waals surface area contributed by atoms with Crippen molar-refractivity contribution < 1.29 is 14.3 Å². The van der Waals surface area contributed by atoms with E-state index in [2.05, 4.69) is 68.1 Å². The van der Waals surface area contributed by atoms with E-state index in [4.69, 9.17) is 4.74 Å². The fourth-order valence-electron chi connectivity index (χ4n) is 5.18. The molecular formula is C40H74N2O3S. The lowest BCUT2D eigenvalue weighted by molar-refractivity contribution is -0.142. The number of hydrogen-bond acceptors (Lipinski definition) is 5. The van der Waals surface area contributed by atoms with E-state index in [1.165, 1.54) is 102 Å². The number of hydrogen-bond donors (Lipinski definition) is 0. The Balaban J connectivity index is 4.04. The Bertz CT molecular complexity index is 766. The molecule has 0 bridgehead atoms. The molecule has 0 spiro atoms. The molecule has 0 fully saturated rings. The fourth-order valence-corrected chi connectivity index (χ4v) is 6.18. The quantitative estimate of drug-likeness (QED) is 0.0398. The van der Waals surface area contributed by atoms with Gasteiger partial charge >= 0.3 is 5.97 Å². The zero-order valence-electron chi connectivity index (χ0n) is 30.8. The van der Waals surface area contributed by atoms with E-state index >= 15 is 0 Å². The van der Waals surface area contributed by atoms with Crippen LogP contribution in [-0.2, 0) is 9.53 Å². The van der Waals surface area contributed by atoms with Crippen LogP contribution >= 0.6 is 11.8 Å². The van der Waals surface area contributed by atoms with Crippen LogP contribution in [0.3, 0.4) is 0 Å². The van der Waals surface area contributed by atoms with Crippen molar-refractivity contribution in [1.82, 2.24) is 9.80 Å². The maximum atomic E-state index is 12.9. The van der Waals surface area contributed by atoms with E-state index in [-0.39, 0.29) is 11.2 Å². The minimum atomic E-state index is -0.0881. The van der Waals surface area contributed by atoms with Crippen LogP contribution in [0.1, 0.15) is 162 Å².